The summed E-state index contributed by atoms with van der Waals surface area (Å²) in [6.07, 6.45) is 5.25. The van der Waals surface area contributed by atoms with Gasteiger partial charge in [-0.05, 0) is 44.7 Å². The van der Waals surface area contributed by atoms with E-state index in [1.807, 2.05) is 13.1 Å². The number of hydrogen-bond acceptors (Lipinski definition) is 4. The lowest BCUT2D eigenvalue weighted by atomic mass is 9.92. The molecule has 1 saturated carbocycles. The molecule has 2 fully saturated rings. The Morgan fingerprint density at radius 1 is 1.61 bits per heavy atom. The third kappa shape index (κ3) is 2.29. The Bertz CT molecular complexity index is 451. The second-order valence-corrected chi connectivity index (χ2v) is 6.77. The molecule has 0 bridgehead atoms. The molecule has 2 N–H and O–H groups in total. The number of piperidine rings is 1. The van der Waals surface area contributed by atoms with Gasteiger partial charge >= 0.3 is 0 Å². The van der Waals surface area contributed by atoms with E-state index in [0.29, 0.717) is 12.0 Å². The minimum absolute atomic E-state index is 0.227. The molecule has 0 aromatic carbocycles. The fourth-order valence-corrected chi connectivity index (χ4v) is 3.69. The summed E-state index contributed by atoms with van der Waals surface area (Å²) in [5.74, 6) is 0.477. The lowest BCUT2D eigenvalue weighted by Gasteiger charge is -2.23. The Labute approximate surface area is 111 Å². The molecule has 1 aromatic heterocycles. The van der Waals surface area contributed by atoms with Gasteiger partial charge < -0.3 is 10.6 Å². The molecule has 1 atom stereocenters. The molecule has 1 amide bonds. The van der Waals surface area contributed by atoms with Crippen LogP contribution < -0.4 is 10.6 Å². The molecule has 4 nitrogen and oxygen atoms in total. The molecule has 2 heterocycles. The lowest BCUT2D eigenvalue weighted by Crippen LogP contribution is -2.33. The highest BCUT2D eigenvalue weighted by atomic mass is 32.1. The molecule has 1 aliphatic heterocycles. The molecular weight excluding hydrogens is 246 g/mol. The summed E-state index contributed by atoms with van der Waals surface area (Å²) in [7, 11) is 0. The van der Waals surface area contributed by atoms with Crippen LogP contribution in [0.15, 0.2) is 6.20 Å². The van der Waals surface area contributed by atoms with E-state index in [1.54, 1.807) is 11.3 Å². The normalized spacial score (nSPS) is 25.1. The van der Waals surface area contributed by atoms with Gasteiger partial charge in [0.1, 0.15) is 5.01 Å². The Kier molecular flexibility index (Phi) is 3.11. The molecule has 1 spiro atoms. The number of aromatic nitrogens is 1. The van der Waals surface area contributed by atoms with Gasteiger partial charge in [0.25, 0.3) is 0 Å². The second-order valence-electron chi connectivity index (χ2n) is 5.45. The van der Waals surface area contributed by atoms with Crippen LogP contribution >= 0.6 is 11.3 Å². The zero-order chi connectivity index (χ0) is 12.6. The van der Waals surface area contributed by atoms with Gasteiger partial charge in [0.05, 0.1) is 6.54 Å². The molecule has 0 radical (unpaired) electrons. The zero-order valence-electron chi connectivity index (χ0n) is 10.7. The summed E-state index contributed by atoms with van der Waals surface area (Å²) in [4.78, 5) is 17.6. The number of hydrogen-bond donors (Lipinski definition) is 2. The van der Waals surface area contributed by atoms with Crippen LogP contribution in [0, 0.1) is 18.3 Å². The molecule has 98 valence electrons. The Morgan fingerprint density at radius 3 is 3.06 bits per heavy atom. The number of carbonyl (C=O) groups excluding carboxylic acids is 1. The summed E-state index contributed by atoms with van der Waals surface area (Å²) >= 11 is 1.65. The highest BCUT2D eigenvalue weighted by Crippen LogP contribution is 2.58. The molecule has 5 heteroatoms. The molecule has 1 aromatic rings. The summed E-state index contributed by atoms with van der Waals surface area (Å²) in [5, 5.41) is 7.40. The van der Waals surface area contributed by atoms with Crippen LogP contribution in [-0.4, -0.2) is 24.0 Å². The summed E-state index contributed by atoms with van der Waals surface area (Å²) in [6.45, 7) is 4.75. The average molecular weight is 265 g/mol. The SMILES string of the molecule is Cc1cnc(CNC(=O)C2CC23CCNCC3)s1. The average Bonchev–Trinajstić information content (AvgIpc) is 2.89. The third-order valence-corrected chi connectivity index (χ3v) is 5.10. The van der Waals surface area contributed by atoms with E-state index in [9.17, 15) is 4.79 Å². The lowest BCUT2D eigenvalue weighted by molar-refractivity contribution is -0.123. The Balaban J connectivity index is 1.51. The van der Waals surface area contributed by atoms with Crippen molar-refractivity contribution in [2.75, 3.05) is 13.1 Å². The molecule has 1 saturated heterocycles. The molecular formula is C13H19N3OS. The Morgan fingerprint density at radius 2 is 2.39 bits per heavy atom. The predicted octanol–water partition coefficient (Wildman–Crippen LogP) is 1.46. The molecule has 18 heavy (non-hydrogen) atoms. The smallest absolute Gasteiger partial charge is 0.224 e. The first-order chi connectivity index (χ1) is 8.70. The van der Waals surface area contributed by atoms with Crippen molar-refractivity contribution >= 4 is 17.2 Å². The van der Waals surface area contributed by atoms with E-state index in [1.165, 1.54) is 4.88 Å². The van der Waals surface area contributed by atoms with Crippen LogP contribution in [0.5, 0.6) is 0 Å². The summed E-state index contributed by atoms with van der Waals surface area (Å²) in [6, 6.07) is 0. The van der Waals surface area contributed by atoms with Crippen molar-refractivity contribution in [1.29, 1.82) is 0 Å². The van der Waals surface area contributed by atoms with Crippen LogP contribution in [0.1, 0.15) is 29.1 Å². The first-order valence-corrected chi connectivity index (χ1v) is 7.41. The second kappa shape index (κ2) is 4.63. The summed E-state index contributed by atoms with van der Waals surface area (Å²) < 4.78 is 0. The molecule has 1 aliphatic carbocycles. The first kappa shape index (κ1) is 12.1. The van der Waals surface area contributed by atoms with Crippen molar-refractivity contribution in [3.05, 3.63) is 16.1 Å². The number of carbonyl (C=O) groups is 1. The number of aryl methyl sites for hydroxylation is 1. The predicted molar refractivity (Wildman–Crippen MR) is 71.3 cm³/mol. The van der Waals surface area contributed by atoms with E-state index < -0.39 is 0 Å². The highest BCUT2D eigenvalue weighted by Gasteiger charge is 2.57. The number of nitrogens with zero attached hydrogens (tertiary/aromatic N) is 1. The maximum absolute atomic E-state index is 12.1. The number of rotatable bonds is 3. The molecule has 1 unspecified atom stereocenters. The van der Waals surface area contributed by atoms with E-state index in [4.69, 9.17) is 0 Å². The number of nitrogens with one attached hydrogen (secondary N) is 2. The van der Waals surface area contributed by atoms with Gasteiger partial charge in [-0.2, -0.15) is 0 Å². The topological polar surface area (TPSA) is 54.0 Å². The maximum Gasteiger partial charge on any atom is 0.224 e. The Hall–Kier alpha value is -0.940. The van der Waals surface area contributed by atoms with Crippen LogP contribution in [-0.2, 0) is 11.3 Å². The highest BCUT2D eigenvalue weighted by molar-refractivity contribution is 7.11. The minimum Gasteiger partial charge on any atom is -0.349 e. The monoisotopic (exact) mass is 265 g/mol. The quantitative estimate of drug-likeness (QED) is 0.870. The van der Waals surface area contributed by atoms with Gasteiger partial charge in [-0.1, -0.05) is 0 Å². The minimum atomic E-state index is 0.227. The molecule has 3 rings (SSSR count). The summed E-state index contributed by atoms with van der Waals surface area (Å²) in [5.41, 5.74) is 0.328. The van der Waals surface area contributed by atoms with Crippen molar-refractivity contribution < 1.29 is 4.79 Å². The fourth-order valence-electron chi connectivity index (χ4n) is 2.96. The van der Waals surface area contributed by atoms with Gasteiger partial charge in [-0.15, -0.1) is 11.3 Å². The maximum atomic E-state index is 12.1. The van der Waals surface area contributed by atoms with Crippen molar-refractivity contribution in [3.63, 3.8) is 0 Å². The van der Waals surface area contributed by atoms with Crippen LogP contribution in [0.3, 0.4) is 0 Å². The van der Waals surface area contributed by atoms with Gasteiger partial charge in [-0.3, -0.25) is 4.79 Å². The van der Waals surface area contributed by atoms with E-state index in [-0.39, 0.29) is 11.8 Å². The van der Waals surface area contributed by atoms with Gasteiger partial charge in [0, 0.05) is 17.0 Å². The standard InChI is InChI=1S/C13H19N3OS/c1-9-7-15-11(18-9)8-16-12(17)10-6-13(10)2-4-14-5-3-13/h7,10,14H,2-6,8H2,1H3,(H,16,17). The van der Waals surface area contributed by atoms with Gasteiger partial charge in [0.2, 0.25) is 5.91 Å². The van der Waals surface area contributed by atoms with E-state index in [2.05, 4.69) is 15.6 Å². The van der Waals surface area contributed by atoms with Gasteiger partial charge in [0.15, 0.2) is 0 Å². The van der Waals surface area contributed by atoms with Crippen LogP contribution in [0.2, 0.25) is 0 Å². The third-order valence-electron chi connectivity index (χ3n) is 4.19. The van der Waals surface area contributed by atoms with Crippen molar-refractivity contribution in [2.45, 2.75) is 32.7 Å². The van der Waals surface area contributed by atoms with Crippen molar-refractivity contribution in [2.24, 2.45) is 11.3 Å². The molecule has 2 aliphatic rings. The first-order valence-electron chi connectivity index (χ1n) is 6.59. The van der Waals surface area contributed by atoms with Gasteiger partial charge in [-0.25, -0.2) is 4.98 Å². The van der Waals surface area contributed by atoms with E-state index in [0.717, 1.165) is 37.4 Å². The van der Waals surface area contributed by atoms with Crippen LogP contribution in [0.25, 0.3) is 0 Å². The van der Waals surface area contributed by atoms with Crippen molar-refractivity contribution in [3.8, 4) is 0 Å². The van der Waals surface area contributed by atoms with Crippen molar-refractivity contribution in [1.82, 2.24) is 15.6 Å². The number of thiazole rings is 1. The van der Waals surface area contributed by atoms with Crippen LogP contribution in [0.4, 0.5) is 0 Å². The van der Waals surface area contributed by atoms with E-state index >= 15 is 0 Å². The number of amides is 1. The largest absolute Gasteiger partial charge is 0.349 e. The zero-order valence-corrected chi connectivity index (χ0v) is 11.5. The fraction of sp³-hybridized carbons (Fsp3) is 0.692.